The van der Waals surface area contributed by atoms with Crippen LogP contribution in [0.25, 0.3) is 0 Å². The molecule has 117 heavy (non-hydrogen) atoms. The average Bonchev–Trinajstić information content (AvgIpc) is 0.788. The van der Waals surface area contributed by atoms with E-state index in [4.69, 9.17) is 66.7 Å². The summed E-state index contributed by atoms with van der Waals surface area (Å²) in [6.07, 6.45) is -6.37. The van der Waals surface area contributed by atoms with Gasteiger partial charge in [0.15, 0.2) is 6.10 Å². The van der Waals surface area contributed by atoms with Crippen LogP contribution in [0, 0.1) is 25.0 Å². The van der Waals surface area contributed by atoms with E-state index in [-0.39, 0.29) is 154 Å². The zero-order chi connectivity index (χ0) is 88.4. The number of hydrogen-bond acceptors (Lipinski definition) is 33. The van der Waals surface area contributed by atoms with Crippen LogP contribution < -0.4 is 22.2 Å². The van der Waals surface area contributed by atoms with Gasteiger partial charge in [0.05, 0.1) is 173 Å². The summed E-state index contributed by atoms with van der Waals surface area (Å²) in [5.41, 5.74) is -2.42. The number of nitrogens with zero attached hydrogens (tertiary/aromatic N) is 6. The molecule has 0 radical (unpaired) electrons. The van der Waals surface area contributed by atoms with E-state index in [0.29, 0.717) is 20.3 Å². The summed E-state index contributed by atoms with van der Waals surface area (Å²) >= 11 is 14.8. The zero-order valence-corrected chi connectivity index (χ0v) is 82.4. The smallest absolute Gasteiger partial charge is 0.423 e. The highest BCUT2D eigenvalue weighted by molar-refractivity contribution is 14.1. The highest BCUT2D eigenvalue weighted by Crippen LogP contribution is 2.41. The number of benzene rings is 3. The Balaban J connectivity index is 2.07. The Kier molecular flexibility index (Phi) is 46.9. The van der Waals surface area contributed by atoms with Crippen LogP contribution in [0.1, 0.15) is 147 Å². The van der Waals surface area contributed by atoms with Crippen molar-refractivity contribution >= 4 is 340 Å². The number of carbonyl (C=O) groups excluding carboxylic acids is 19. The van der Waals surface area contributed by atoms with Gasteiger partial charge in [-0.2, -0.15) is 20.3 Å². The van der Waals surface area contributed by atoms with Crippen molar-refractivity contribution in [2.75, 3.05) is 109 Å². The Labute approximate surface area is 789 Å². The molecular formula is C66H72I9N9O33. The lowest BCUT2D eigenvalue weighted by atomic mass is 10.1. The molecule has 51 heteroatoms. The third kappa shape index (κ3) is 35.2. The summed E-state index contributed by atoms with van der Waals surface area (Å²) in [7, 11) is 0. The number of esters is 6. The molecule has 0 saturated heterocycles. The van der Waals surface area contributed by atoms with Gasteiger partial charge in [0.25, 0.3) is 29.5 Å². The fraction of sp³-hybridized carbons (Fsp3) is 0.439. The number of anilines is 4. The van der Waals surface area contributed by atoms with Gasteiger partial charge in [0, 0.05) is 102 Å². The van der Waals surface area contributed by atoms with E-state index in [0.717, 1.165) is 87.6 Å². The standard InChI is InChI=1S/C66H72I9N9O33/c1-31(85)104-19-11-15-79(114-37(7)91)59(96)42-27-44(51(69)47(49(42)67)61(98)81(116-39(9)93)17-13-21-106-33(3)87)83(74)65(102)110-25-23-108-63(100)77-56-53(71)46(58(95)76-29-41(113-36(6)90)30-112-35(5)89)54(72)57(55(56)73)78-64(101)109-24-26-111-66(103)84(75)45-28-43(60(97)80(115-38(8)92)16-12-20-105-32(2)86)50(68)48(52(45)70)62(99)82(117-40(10)94)18-14-22-107-34(4)88/h27-28,41H,11-26,29-30H2,1-10H3,(H,76,95)(H,77,100)(H,78,101). The molecular weight excluding hydrogens is 2590 g/mol. The molecule has 3 aromatic carbocycles. The summed E-state index contributed by atoms with van der Waals surface area (Å²) in [6.45, 7) is 4.68. The van der Waals surface area contributed by atoms with Gasteiger partial charge in [-0.1, -0.05) is 0 Å². The van der Waals surface area contributed by atoms with Crippen LogP contribution in [0.15, 0.2) is 12.1 Å². The maximum Gasteiger partial charge on any atom is 0.423 e. The van der Waals surface area contributed by atoms with Crippen molar-refractivity contribution in [3.05, 3.63) is 64.9 Å². The van der Waals surface area contributed by atoms with E-state index < -0.39 is 159 Å². The number of carbonyl (C=O) groups is 19. The van der Waals surface area contributed by atoms with Gasteiger partial charge in [-0.25, -0.2) is 25.4 Å². The molecule has 3 rings (SSSR count). The second kappa shape index (κ2) is 52.5. The molecule has 0 aliphatic carbocycles. The number of ether oxygens (including phenoxy) is 10. The van der Waals surface area contributed by atoms with Gasteiger partial charge in [-0.3, -0.25) is 82.6 Å². The van der Waals surface area contributed by atoms with Crippen LogP contribution >= 0.6 is 204 Å². The molecule has 0 spiro atoms. The van der Waals surface area contributed by atoms with Crippen LogP contribution in [0.3, 0.4) is 0 Å². The summed E-state index contributed by atoms with van der Waals surface area (Å²) in [6, 6.07) is 2.30. The molecule has 0 bridgehead atoms. The van der Waals surface area contributed by atoms with Gasteiger partial charge in [0.1, 0.15) is 33.0 Å². The average molecular weight is 2660 g/mol. The number of hydrogen-bond donors (Lipinski definition) is 3. The van der Waals surface area contributed by atoms with Gasteiger partial charge in [-0.15, -0.1) is 0 Å². The highest BCUT2D eigenvalue weighted by Gasteiger charge is 2.37. The Morgan fingerprint density at radius 3 is 0.923 bits per heavy atom. The number of halogens is 9. The fourth-order valence-electron chi connectivity index (χ4n) is 8.88. The van der Waals surface area contributed by atoms with Gasteiger partial charge in [-0.05, 0) is 170 Å². The topological polar surface area (TPSA) is 509 Å². The normalized spacial score (nSPS) is 10.7. The molecule has 0 saturated carbocycles. The monoisotopic (exact) mass is 2660 g/mol. The van der Waals surface area contributed by atoms with Crippen molar-refractivity contribution in [3.63, 3.8) is 0 Å². The minimum Gasteiger partial charge on any atom is -0.466 e. The van der Waals surface area contributed by atoms with Gasteiger partial charge in [0.2, 0.25) is 0 Å². The van der Waals surface area contributed by atoms with Crippen molar-refractivity contribution in [2.45, 2.75) is 101 Å². The summed E-state index contributed by atoms with van der Waals surface area (Å²) in [5, 5.41) is 10.1. The molecule has 42 nitrogen and oxygen atoms in total. The first-order valence-electron chi connectivity index (χ1n) is 33.3. The van der Waals surface area contributed by atoms with Crippen molar-refractivity contribution in [3.8, 4) is 0 Å². The summed E-state index contributed by atoms with van der Waals surface area (Å²) in [5.74, 6) is -13.0. The maximum absolute atomic E-state index is 14.5. The lowest BCUT2D eigenvalue weighted by Crippen LogP contribution is -2.38. The largest absolute Gasteiger partial charge is 0.466 e. The molecule has 3 N–H and O–H groups in total. The van der Waals surface area contributed by atoms with Gasteiger partial charge < -0.3 is 72.0 Å². The molecule has 0 aliphatic heterocycles. The number of nitrogens with one attached hydrogen (secondary N) is 3. The zero-order valence-electron chi connectivity index (χ0n) is 63.0. The van der Waals surface area contributed by atoms with Crippen LogP contribution in [0.5, 0.6) is 0 Å². The fourth-order valence-corrected chi connectivity index (χ4v) is 19.6. The van der Waals surface area contributed by atoms with Crippen LogP contribution in [0.4, 0.5) is 41.9 Å². The molecule has 0 aromatic heterocycles. The Hall–Kier alpha value is -6.64. The second-order valence-corrected chi connectivity index (χ2v) is 32.2. The summed E-state index contributed by atoms with van der Waals surface area (Å²) in [4.78, 5) is 268. The molecule has 9 amide bonds. The Morgan fingerprint density at radius 1 is 0.333 bits per heavy atom. The molecule has 0 aliphatic rings. The quantitative estimate of drug-likeness (QED) is 0.0122. The Bertz CT molecular complexity index is 4080. The van der Waals surface area contributed by atoms with Crippen molar-refractivity contribution < 1.29 is 158 Å². The highest BCUT2D eigenvalue weighted by atomic mass is 127. The van der Waals surface area contributed by atoms with Crippen molar-refractivity contribution in [1.82, 2.24) is 25.6 Å². The van der Waals surface area contributed by atoms with Gasteiger partial charge >= 0.3 is 84.1 Å². The van der Waals surface area contributed by atoms with Crippen LogP contribution in [0.2, 0.25) is 0 Å². The van der Waals surface area contributed by atoms with E-state index in [1.807, 2.05) is 0 Å². The number of rotatable bonds is 36. The van der Waals surface area contributed by atoms with E-state index in [1.54, 1.807) is 158 Å². The van der Waals surface area contributed by atoms with Crippen molar-refractivity contribution in [1.29, 1.82) is 0 Å². The van der Waals surface area contributed by atoms with E-state index >= 15 is 0 Å². The number of hydroxylamine groups is 8. The second-order valence-electron chi connectivity index (χ2n) is 22.8. The van der Waals surface area contributed by atoms with E-state index in [9.17, 15) is 91.1 Å². The minimum atomic E-state index is -1.26. The third-order valence-electron chi connectivity index (χ3n) is 13.5. The third-order valence-corrected chi connectivity index (χ3v) is 23.0. The molecule has 0 heterocycles. The van der Waals surface area contributed by atoms with Crippen LogP contribution in [-0.2, 0) is 115 Å². The first kappa shape index (κ1) is 105. The SMILES string of the molecule is CC(=O)OCCCN(OC(C)=O)C(=O)c1cc(N(I)C(=O)OCCOC(=O)Nc2c(I)c(NC(=O)OCCOC(=O)N(I)c3cc(C(=O)N(CCCOC(C)=O)OC(C)=O)c(I)c(C(=O)N(CCCOC(C)=O)OC(C)=O)c3I)c(I)c(C(=O)NCC(COC(C)=O)OC(C)=O)c2I)c(I)c(C(=O)N(CCCOC(C)=O)OC(C)=O)c1I. The first-order chi connectivity index (χ1) is 54.8. The van der Waals surface area contributed by atoms with Crippen LogP contribution in [-0.4, -0.2) is 232 Å². The van der Waals surface area contributed by atoms with Crippen molar-refractivity contribution in [2.24, 2.45) is 0 Å². The minimum absolute atomic E-state index is 0.00785. The van der Waals surface area contributed by atoms with E-state index in [2.05, 4.69) is 16.0 Å². The molecule has 642 valence electrons. The molecule has 1 atom stereocenters. The lowest BCUT2D eigenvalue weighted by molar-refractivity contribution is -0.176. The molecule has 3 aromatic rings. The first-order valence-corrected chi connectivity index (χ1v) is 42.8. The predicted molar refractivity (Wildman–Crippen MR) is 475 cm³/mol. The Morgan fingerprint density at radius 2 is 0.632 bits per heavy atom. The summed E-state index contributed by atoms with van der Waals surface area (Å²) < 4.78 is 53.1. The van der Waals surface area contributed by atoms with E-state index in [1.165, 1.54) is 45.7 Å². The molecule has 0 fully saturated rings. The lowest BCUT2D eigenvalue weighted by Gasteiger charge is -2.26. The molecule has 1 unspecified atom stereocenters. The predicted octanol–water partition coefficient (Wildman–Crippen LogP) is 9.72. The number of amides is 9. The maximum atomic E-state index is 14.5.